The normalized spacial score (nSPS) is 10.6. The minimum Gasteiger partial charge on any atom is -0.478 e. The van der Waals surface area contributed by atoms with E-state index in [1.54, 1.807) is 36.4 Å². The van der Waals surface area contributed by atoms with Crippen LogP contribution in [0.4, 0.5) is 17.1 Å². The standard InChI is InChI=1S/C23H16N4O6S2/c28-20(25-16-7-3-4-8-18(16)27(32)33)12-34-23-26-17-10-9-13(11-19(17)35-23)24-21(29)14-5-1-2-6-15(14)22(30)31/h1-11H,12H2,(H,24,29)(H,25,28)(H,30,31). The SMILES string of the molecule is O=C(CSc1nc2ccc(NC(=O)c3ccccc3C(=O)O)cc2s1)Nc1ccccc1[N+](=O)[O-]. The summed E-state index contributed by atoms with van der Waals surface area (Å²) in [5.74, 6) is -2.15. The van der Waals surface area contributed by atoms with Gasteiger partial charge in [0.1, 0.15) is 5.69 Å². The van der Waals surface area contributed by atoms with Gasteiger partial charge in [0.2, 0.25) is 5.91 Å². The number of carbonyl (C=O) groups excluding carboxylic acids is 2. The van der Waals surface area contributed by atoms with Gasteiger partial charge in [-0.15, -0.1) is 11.3 Å². The number of aromatic carboxylic acids is 1. The molecular weight excluding hydrogens is 492 g/mol. The molecule has 0 aliphatic carbocycles. The second kappa shape index (κ2) is 10.3. The molecule has 10 nitrogen and oxygen atoms in total. The second-order valence-electron chi connectivity index (χ2n) is 7.08. The van der Waals surface area contributed by atoms with Crippen molar-refractivity contribution in [1.29, 1.82) is 0 Å². The maximum absolute atomic E-state index is 12.6. The van der Waals surface area contributed by atoms with Crippen molar-refractivity contribution in [3.63, 3.8) is 0 Å². The first-order chi connectivity index (χ1) is 16.8. The Morgan fingerprint density at radius 3 is 2.46 bits per heavy atom. The van der Waals surface area contributed by atoms with Gasteiger partial charge in [-0.25, -0.2) is 9.78 Å². The van der Waals surface area contributed by atoms with E-state index in [0.29, 0.717) is 15.5 Å². The fraction of sp³-hybridized carbons (Fsp3) is 0.0435. The van der Waals surface area contributed by atoms with E-state index in [4.69, 9.17) is 0 Å². The van der Waals surface area contributed by atoms with Crippen LogP contribution in [0, 0.1) is 10.1 Å². The van der Waals surface area contributed by atoms with Crippen molar-refractivity contribution in [2.75, 3.05) is 16.4 Å². The number of thioether (sulfide) groups is 1. The number of nitro benzene ring substituents is 1. The molecule has 176 valence electrons. The van der Waals surface area contributed by atoms with Gasteiger partial charge < -0.3 is 15.7 Å². The van der Waals surface area contributed by atoms with Crippen LogP contribution in [-0.4, -0.2) is 38.6 Å². The maximum atomic E-state index is 12.6. The number of fused-ring (bicyclic) bond motifs is 1. The number of amides is 2. The summed E-state index contributed by atoms with van der Waals surface area (Å²) < 4.78 is 1.37. The number of rotatable bonds is 8. The molecule has 1 heterocycles. The molecule has 0 aliphatic rings. The van der Waals surface area contributed by atoms with Crippen molar-refractivity contribution in [3.05, 3.63) is 88.0 Å². The highest BCUT2D eigenvalue weighted by Crippen LogP contribution is 2.32. The van der Waals surface area contributed by atoms with Crippen molar-refractivity contribution in [2.45, 2.75) is 4.34 Å². The summed E-state index contributed by atoms with van der Waals surface area (Å²) in [5.41, 5.74) is 1.02. The van der Waals surface area contributed by atoms with Gasteiger partial charge in [0.05, 0.1) is 32.0 Å². The molecule has 0 saturated carbocycles. The fourth-order valence-electron chi connectivity index (χ4n) is 3.16. The van der Waals surface area contributed by atoms with Crippen LogP contribution in [0.3, 0.4) is 0 Å². The van der Waals surface area contributed by atoms with Crippen molar-refractivity contribution in [2.24, 2.45) is 0 Å². The van der Waals surface area contributed by atoms with Crippen molar-refractivity contribution in [3.8, 4) is 0 Å². The van der Waals surface area contributed by atoms with Crippen molar-refractivity contribution >= 4 is 68.2 Å². The third-order valence-corrected chi connectivity index (χ3v) is 6.89. The maximum Gasteiger partial charge on any atom is 0.336 e. The number of para-hydroxylation sites is 2. The van der Waals surface area contributed by atoms with E-state index in [-0.39, 0.29) is 28.3 Å². The molecule has 3 N–H and O–H groups in total. The number of hydrogen-bond acceptors (Lipinski definition) is 8. The van der Waals surface area contributed by atoms with Crippen LogP contribution < -0.4 is 10.6 Å². The lowest BCUT2D eigenvalue weighted by Crippen LogP contribution is -2.16. The van der Waals surface area contributed by atoms with Crippen LogP contribution in [0.5, 0.6) is 0 Å². The van der Waals surface area contributed by atoms with E-state index in [9.17, 15) is 29.6 Å². The molecule has 35 heavy (non-hydrogen) atoms. The Labute approximate surface area is 206 Å². The Bertz CT molecular complexity index is 1470. The summed E-state index contributed by atoms with van der Waals surface area (Å²) in [5, 5.41) is 25.6. The number of benzene rings is 3. The Morgan fingerprint density at radius 1 is 1.00 bits per heavy atom. The highest BCUT2D eigenvalue weighted by Gasteiger charge is 2.17. The zero-order valence-corrected chi connectivity index (χ0v) is 19.4. The van der Waals surface area contributed by atoms with Crippen molar-refractivity contribution in [1.82, 2.24) is 4.98 Å². The average molecular weight is 509 g/mol. The van der Waals surface area contributed by atoms with E-state index in [2.05, 4.69) is 15.6 Å². The number of nitrogens with zero attached hydrogens (tertiary/aromatic N) is 2. The van der Waals surface area contributed by atoms with Crippen molar-refractivity contribution < 1.29 is 24.4 Å². The minimum atomic E-state index is -1.19. The Balaban J connectivity index is 1.42. The predicted molar refractivity (Wildman–Crippen MR) is 133 cm³/mol. The molecule has 0 aliphatic heterocycles. The zero-order valence-electron chi connectivity index (χ0n) is 17.8. The van der Waals surface area contributed by atoms with Gasteiger partial charge in [-0.1, -0.05) is 36.0 Å². The van der Waals surface area contributed by atoms with Crippen LogP contribution >= 0.6 is 23.1 Å². The molecule has 12 heteroatoms. The van der Waals surface area contributed by atoms with Gasteiger partial charge in [-0.3, -0.25) is 19.7 Å². The molecule has 0 fully saturated rings. The molecular formula is C23H16N4O6S2. The van der Waals surface area contributed by atoms with Crippen LogP contribution in [0.25, 0.3) is 10.2 Å². The number of thiazole rings is 1. The lowest BCUT2D eigenvalue weighted by Gasteiger charge is -2.07. The summed E-state index contributed by atoms with van der Waals surface area (Å²) in [7, 11) is 0. The van der Waals surface area contributed by atoms with Crippen LogP contribution in [0.2, 0.25) is 0 Å². The van der Waals surface area contributed by atoms with Gasteiger partial charge in [0, 0.05) is 11.8 Å². The number of carboxylic acid groups (broad SMARTS) is 1. The largest absolute Gasteiger partial charge is 0.478 e. The van der Waals surface area contributed by atoms with Gasteiger partial charge in [0.25, 0.3) is 11.6 Å². The highest BCUT2D eigenvalue weighted by atomic mass is 32.2. The number of hydrogen-bond donors (Lipinski definition) is 3. The lowest BCUT2D eigenvalue weighted by molar-refractivity contribution is -0.383. The quantitative estimate of drug-likeness (QED) is 0.173. The molecule has 0 spiro atoms. The van der Waals surface area contributed by atoms with Crippen LogP contribution in [0.15, 0.2) is 71.1 Å². The topological polar surface area (TPSA) is 152 Å². The fourth-order valence-corrected chi connectivity index (χ4v) is 5.07. The van der Waals surface area contributed by atoms with E-state index in [1.807, 2.05) is 0 Å². The molecule has 2 amide bonds. The summed E-state index contributed by atoms with van der Waals surface area (Å²) in [4.78, 5) is 51.2. The molecule has 0 saturated heterocycles. The van der Waals surface area contributed by atoms with Gasteiger partial charge >= 0.3 is 5.97 Å². The Hall–Kier alpha value is -4.29. The number of carbonyl (C=O) groups is 3. The van der Waals surface area contributed by atoms with Crippen LogP contribution in [-0.2, 0) is 4.79 Å². The molecule has 0 atom stereocenters. The first-order valence-corrected chi connectivity index (χ1v) is 11.8. The molecule has 4 aromatic rings. The van der Waals surface area contributed by atoms with Gasteiger partial charge in [0.15, 0.2) is 4.34 Å². The first-order valence-electron chi connectivity index (χ1n) is 10.0. The van der Waals surface area contributed by atoms with E-state index in [1.165, 1.54) is 53.4 Å². The van der Waals surface area contributed by atoms with E-state index < -0.39 is 22.7 Å². The monoisotopic (exact) mass is 508 g/mol. The Kier molecular flexibility index (Phi) is 7.03. The Morgan fingerprint density at radius 2 is 1.71 bits per heavy atom. The molecule has 4 rings (SSSR count). The van der Waals surface area contributed by atoms with Gasteiger partial charge in [-0.05, 0) is 36.4 Å². The first kappa shape index (κ1) is 23.9. The molecule has 0 radical (unpaired) electrons. The number of nitrogens with one attached hydrogen (secondary N) is 2. The minimum absolute atomic E-state index is 0.00142. The van der Waals surface area contributed by atoms with E-state index >= 15 is 0 Å². The number of aromatic nitrogens is 1. The number of anilines is 2. The molecule has 0 bridgehead atoms. The van der Waals surface area contributed by atoms with Gasteiger partial charge in [-0.2, -0.15) is 0 Å². The molecule has 1 aromatic heterocycles. The second-order valence-corrected chi connectivity index (χ2v) is 9.33. The third-order valence-electron chi connectivity index (χ3n) is 4.73. The third kappa shape index (κ3) is 5.62. The average Bonchev–Trinajstić information content (AvgIpc) is 3.25. The highest BCUT2D eigenvalue weighted by molar-refractivity contribution is 8.01. The van der Waals surface area contributed by atoms with E-state index in [0.717, 1.165) is 4.70 Å². The number of carboxylic acids is 1. The number of nitro groups is 1. The summed E-state index contributed by atoms with van der Waals surface area (Å²) in [6.45, 7) is 0. The predicted octanol–water partition coefficient (Wildman–Crippen LogP) is 4.89. The molecule has 3 aromatic carbocycles. The van der Waals surface area contributed by atoms with Crippen LogP contribution in [0.1, 0.15) is 20.7 Å². The molecule has 0 unspecified atom stereocenters. The zero-order chi connectivity index (χ0) is 24.9. The summed E-state index contributed by atoms with van der Waals surface area (Å²) >= 11 is 2.50. The summed E-state index contributed by atoms with van der Waals surface area (Å²) in [6.07, 6.45) is 0. The summed E-state index contributed by atoms with van der Waals surface area (Å²) in [6, 6.07) is 16.9. The lowest BCUT2D eigenvalue weighted by atomic mass is 10.1. The smallest absolute Gasteiger partial charge is 0.336 e.